The van der Waals surface area contributed by atoms with Crippen LogP contribution in [0.1, 0.15) is 23.4 Å². The summed E-state index contributed by atoms with van der Waals surface area (Å²) in [6.45, 7) is -2.54. The van der Waals surface area contributed by atoms with Gasteiger partial charge in [-0.1, -0.05) is 0 Å². The fraction of sp³-hybridized carbons (Fsp3) is 0.381. The molecule has 3 aromatic rings. The number of alkyl halides is 2. The van der Waals surface area contributed by atoms with Crippen molar-refractivity contribution >= 4 is 26.6 Å². The van der Waals surface area contributed by atoms with Crippen molar-refractivity contribution in [3.05, 3.63) is 46.8 Å². The number of nitrogens with two attached hydrogens (primary N) is 1. The Hall–Kier alpha value is -2.79. The minimum Gasteiger partial charge on any atom is -0.371 e. The number of halogens is 3. The van der Waals surface area contributed by atoms with Gasteiger partial charge in [-0.3, -0.25) is 4.79 Å². The number of rotatable bonds is 3. The second-order valence-corrected chi connectivity index (χ2v) is 10.0. The largest absolute Gasteiger partial charge is 0.371 e. The maximum Gasteiger partial charge on any atom is 0.274 e. The summed E-state index contributed by atoms with van der Waals surface area (Å²) >= 11 is 0. The SMILES string of the molecule is [2H]C([2H])([2H])n1cc(-c2cc(S(N)(=O)=O)c(F)cc2N2CCC3(CC2)CC3(F)F)c2cc[nH]c2c1=O. The number of H-pyrrole nitrogens is 1. The smallest absolute Gasteiger partial charge is 0.274 e. The normalized spacial score (nSPS) is 21.4. The average molecular weight is 470 g/mol. The molecule has 11 heteroatoms. The van der Waals surface area contributed by atoms with Gasteiger partial charge < -0.3 is 14.5 Å². The number of aromatic nitrogens is 2. The van der Waals surface area contributed by atoms with Crippen LogP contribution in [0, 0.1) is 11.2 Å². The van der Waals surface area contributed by atoms with Crippen molar-refractivity contribution in [2.75, 3.05) is 18.0 Å². The Balaban J connectivity index is 1.73. The first kappa shape index (κ1) is 17.7. The lowest BCUT2D eigenvalue weighted by Crippen LogP contribution is -2.37. The Morgan fingerprint density at radius 3 is 2.50 bits per heavy atom. The summed E-state index contributed by atoms with van der Waals surface area (Å²) in [6.07, 6.45) is 2.60. The van der Waals surface area contributed by atoms with Crippen LogP contribution in [0.5, 0.6) is 0 Å². The van der Waals surface area contributed by atoms with Crippen LogP contribution in [-0.4, -0.2) is 37.0 Å². The van der Waals surface area contributed by atoms with Gasteiger partial charge in [0.05, 0.1) is 0 Å². The fourth-order valence-corrected chi connectivity index (χ4v) is 5.31. The molecule has 2 aromatic heterocycles. The molecule has 7 nitrogen and oxygen atoms in total. The number of benzene rings is 1. The molecular weight excluding hydrogens is 445 g/mol. The molecule has 1 aromatic carbocycles. The van der Waals surface area contributed by atoms with Gasteiger partial charge in [0.15, 0.2) is 0 Å². The molecule has 3 heterocycles. The van der Waals surface area contributed by atoms with E-state index in [9.17, 15) is 26.4 Å². The maximum absolute atomic E-state index is 14.9. The predicted molar refractivity (Wildman–Crippen MR) is 114 cm³/mol. The Morgan fingerprint density at radius 2 is 1.91 bits per heavy atom. The number of aryl methyl sites for hydroxylation is 1. The molecule has 1 spiro atoms. The number of anilines is 1. The number of nitrogens with one attached hydrogen (secondary N) is 1. The van der Waals surface area contributed by atoms with Crippen molar-refractivity contribution in [2.24, 2.45) is 17.5 Å². The van der Waals surface area contributed by atoms with Crippen LogP contribution >= 0.6 is 0 Å². The van der Waals surface area contributed by atoms with E-state index in [1.807, 2.05) is 0 Å². The first-order chi connectivity index (χ1) is 16.1. The van der Waals surface area contributed by atoms with E-state index in [-0.39, 0.29) is 60.1 Å². The molecule has 0 bridgehead atoms. The Kier molecular flexibility index (Phi) is 3.66. The number of sulfonamides is 1. The van der Waals surface area contributed by atoms with Crippen molar-refractivity contribution in [3.63, 3.8) is 0 Å². The highest BCUT2D eigenvalue weighted by atomic mass is 32.2. The predicted octanol–water partition coefficient (Wildman–Crippen LogP) is 2.95. The maximum atomic E-state index is 14.9. The Bertz CT molecular complexity index is 1520. The molecule has 5 rings (SSSR count). The molecule has 2 aliphatic rings. The summed E-state index contributed by atoms with van der Waals surface area (Å²) < 4.78 is 90.6. The minimum absolute atomic E-state index is 0.0405. The first-order valence-corrected chi connectivity index (χ1v) is 11.4. The number of fused-ring (bicyclic) bond motifs is 1. The third-order valence-electron chi connectivity index (χ3n) is 6.65. The molecule has 1 saturated heterocycles. The van der Waals surface area contributed by atoms with Crippen LogP contribution < -0.4 is 15.6 Å². The lowest BCUT2D eigenvalue weighted by atomic mass is 9.91. The van der Waals surface area contributed by atoms with Gasteiger partial charge in [0, 0.05) is 70.6 Å². The number of piperidine rings is 1. The van der Waals surface area contributed by atoms with Crippen molar-refractivity contribution in [3.8, 4) is 11.1 Å². The molecular formula is C21H21F3N4O3S. The van der Waals surface area contributed by atoms with Crippen molar-refractivity contribution in [1.29, 1.82) is 0 Å². The van der Waals surface area contributed by atoms with Gasteiger partial charge in [0.25, 0.3) is 11.5 Å². The molecule has 0 amide bonds. The summed E-state index contributed by atoms with van der Waals surface area (Å²) in [6, 6.07) is 3.46. The fourth-order valence-electron chi connectivity index (χ4n) is 4.70. The monoisotopic (exact) mass is 469 g/mol. The molecule has 1 saturated carbocycles. The van der Waals surface area contributed by atoms with E-state index < -0.39 is 44.6 Å². The molecule has 0 unspecified atom stereocenters. The van der Waals surface area contributed by atoms with Gasteiger partial charge in [0.2, 0.25) is 10.0 Å². The van der Waals surface area contributed by atoms with Crippen LogP contribution in [0.3, 0.4) is 0 Å². The Labute approximate surface area is 185 Å². The van der Waals surface area contributed by atoms with Crippen LogP contribution in [-0.2, 0) is 17.0 Å². The average Bonchev–Trinajstić information content (AvgIpc) is 3.08. The van der Waals surface area contributed by atoms with E-state index in [1.54, 1.807) is 4.90 Å². The molecule has 1 aliphatic heterocycles. The van der Waals surface area contributed by atoms with E-state index >= 15 is 0 Å². The zero-order valence-electron chi connectivity index (χ0n) is 19.7. The van der Waals surface area contributed by atoms with Gasteiger partial charge in [-0.05, 0) is 31.0 Å². The standard InChI is InChI=1S/C21H21F3N4O3S/c1-27-10-14(12-2-5-26-18(12)19(27)29)13-8-17(32(25,30)31)15(22)9-16(13)28-6-3-20(4-7-28)11-21(20,23)24/h2,5,8-10,26H,3-4,6-7,11H2,1H3,(H2,25,30,31)/i1D3. The van der Waals surface area contributed by atoms with Crippen LogP contribution in [0.4, 0.5) is 18.9 Å². The summed E-state index contributed by atoms with van der Waals surface area (Å²) in [5.41, 5.74) is -1.50. The zero-order valence-corrected chi connectivity index (χ0v) is 17.5. The second kappa shape index (κ2) is 6.61. The van der Waals surface area contributed by atoms with Gasteiger partial charge in [0.1, 0.15) is 16.2 Å². The van der Waals surface area contributed by atoms with Crippen molar-refractivity contribution in [2.45, 2.75) is 30.1 Å². The molecule has 32 heavy (non-hydrogen) atoms. The van der Waals surface area contributed by atoms with Gasteiger partial charge in [-0.2, -0.15) is 0 Å². The number of pyridine rings is 1. The van der Waals surface area contributed by atoms with Crippen LogP contribution in [0.15, 0.2) is 40.3 Å². The highest BCUT2D eigenvalue weighted by Gasteiger charge is 2.70. The van der Waals surface area contributed by atoms with Crippen LogP contribution in [0.2, 0.25) is 0 Å². The van der Waals surface area contributed by atoms with E-state index in [4.69, 9.17) is 9.25 Å². The van der Waals surface area contributed by atoms with Gasteiger partial charge in [-0.25, -0.2) is 26.7 Å². The highest BCUT2D eigenvalue weighted by Crippen LogP contribution is 2.66. The summed E-state index contributed by atoms with van der Waals surface area (Å²) in [5, 5.41) is 5.49. The molecule has 0 radical (unpaired) electrons. The van der Waals surface area contributed by atoms with Crippen molar-refractivity contribution in [1.82, 2.24) is 9.55 Å². The van der Waals surface area contributed by atoms with Crippen molar-refractivity contribution < 1.29 is 25.7 Å². The zero-order chi connectivity index (χ0) is 25.6. The number of aromatic amines is 1. The minimum atomic E-state index is -4.50. The topological polar surface area (TPSA) is 101 Å². The van der Waals surface area contributed by atoms with E-state index in [1.165, 1.54) is 12.3 Å². The third-order valence-corrected chi connectivity index (χ3v) is 7.57. The quantitative estimate of drug-likeness (QED) is 0.616. The third kappa shape index (κ3) is 3.06. The highest BCUT2D eigenvalue weighted by molar-refractivity contribution is 7.89. The molecule has 3 N–H and O–H groups in total. The number of hydrogen-bond donors (Lipinski definition) is 2. The van der Waals surface area contributed by atoms with E-state index in [2.05, 4.69) is 4.98 Å². The van der Waals surface area contributed by atoms with Gasteiger partial charge >= 0.3 is 0 Å². The molecule has 0 atom stereocenters. The van der Waals surface area contributed by atoms with Crippen LogP contribution in [0.25, 0.3) is 22.0 Å². The number of nitrogens with zero attached hydrogens (tertiary/aromatic N) is 2. The lowest BCUT2D eigenvalue weighted by molar-refractivity contribution is 0.0537. The van der Waals surface area contributed by atoms with E-state index in [0.717, 1.165) is 18.3 Å². The number of primary sulfonamides is 1. The first-order valence-electron chi connectivity index (χ1n) is 11.4. The molecule has 2 fully saturated rings. The number of hydrogen-bond acceptors (Lipinski definition) is 4. The summed E-state index contributed by atoms with van der Waals surface area (Å²) in [4.78, 5) is 16.3. The second-order valence-electron chi connectivity index (χ2n) is 8.48. The Morgan fingerprint density at radius 1 is 1.22 bits per heavy atom. The lowest BCUT2D eigenvalue weighted by Gasteiger charge is -2.35. The van der Waals surface area contributed by atoms with E-state index in [0.29, 0.717) is 4.57 Å². The molecule has 1 aliphatic carbocycles. The summed E-state index contributed by atoms with van der Waals surface area (Å²) in [5.74, 6) is -3.87. The summed E-state index contributed by atoms with van der Waals surface area (Å²) in [7, 11) is -4.50. The molecule has 170 valence electrons. The van der Waals surface area contributed by atoms with Gasteiger partial charge in [-0.15, -0.1) is 0 Å².